The van der Waals surface area contributed by atoms with Crippen LogP contribution in [0.4, 0.5) is 0 Å². The Morgan fingerprint density at radius 3 is 2.89 bits per heavy atom. The molecule has 5 heteroatoms. The minimum absolute atomic E-state index is 0.0655. The predicted molar refractivity (Wildman–Crippen MR) is 74.9 cm³/mol. The van der Waals surface area contributed by atoms with Crippen molar-refractivity contribution in [3.8, 4) is 0 Å². The molecule has 2 N–H and O–H groups in total. The lowest BCUT2D eigenvalue weighted by molar-refractivity contribution is 0.0850. The fraction of sp³-hybridized carbons (Fsp3) is 0.462. The highest BCUT2D eigenvalue weighted by molar-refractivity contribution is 9.10. The van der Waals surface area contributed by atoms with Gasteiger partial charge in [-0.2, -0.15) is 0 Å². The second-order valence-electron chi connectivity index (χ2n) is 4.62. The molecular formula is C13H15BrClNO2. The molecule has 0 heterocycles. The van der Waals surface area contributed by atoms with E-state index in [1.54, 1.807) is 18.2 Å². The molecule has 1 fully saturated rings. The Labute approximate surface area is 120 Å². The number of carbonyl (C=O) groups is 1. The second kappa shape index (κ2) is 6.04. The van der Waals surface area contributed by atoms with Gasteiger partial charge in [0.1, 0.15) is 0 Å². The van der Waals surface area contributed by atoms with E-state index in [2.05, 4.69) is 21.2 Å². The van der Waals surface area contributed by atoms with Crippen LogP contribution >= 0.6 is 27.5 Å². The topological polar surface area (TPSA) is 49.3 Å². The molecule has 1 amide bonds. The standard InChI is InChI=1S/C13H15BrClNO2/c14-11-6-8(4-5-12(11)15)13(18)16-9-2-1-3-10(17)7-9/h4-6,9-10,17H,1-3,7H2,(H,16,18). The van der Waals surface area contributed by atoms with E-state index in [9.17, 15) is 9.90 Å². The summed E-state index contributed by atoms with van der Waals surface area (Å²) in [7, 11) is 0. The number of aliphatic hydroxyl groups is 1. The van der Waals surface area contributed by atoms with Crippen LogP contribution in [0.1, 0.15) is 36.0 Å². The highest BCUT2D eigenvalue weighted by Crippen LogP contribution is 2.24. The first-order valence-electron chi connectivity index (χ1n) is 6.00. The summed E-state index contributed by atoms with van der Waals surface area (Å²) in [5, 5.41) is 13.1. The molecule has 1 saturated carbocycles. The van der Waals surface area contributed by atoms with Crippen LogP contribution in [-0.2, 0) is 0 Å². The van der Waals surface area contributed by atoms with Crippen molar-refractivity contribution in [3.63, 3.8) is 0 Å². The number of hydrogen-bond donors (Lipinski definition) is 2. The molecule has 1 aromatic carbocycles. The molecule has 1 aliphatic rings. The molecule has 0 saturated heterocycles. The van der Waals surface area contributed by atoms with Crippen molar-refractivity contribution in [1.29, 1.82) is 0 Å². The van der Waals surface area contributed by atoms with Crippen LogP contribution in [0.3, 0.4) is 0 Å². The Balaban J connectivity index is 2.00. The van der Waals surface area contributed by atoms with Crippen LogP contribution < -0.4 is 5.32 Å². The van der Waals surface area contributed by atoms with Gasteiger partial charge < -0.3 is 10.4 Å². The number of rotatable bonds is 2. The molecular weight excluding hydrogens is 318 g/mol. The van der Waals surface area contributed by atoms with Gasteiger partial charge in [0.25, 0.3) is 5.91 Å². The largest absolute Gasteiger partial charge is 0.393 e. The fourth-order valence-electron chi connectivity index (χ4n) is 2.20. The first-order valence-corrected chi connectivity index (χ1v) is 7.17. The van der Waals surface area contributed by atoms with Gasteiger partial charge in [0.05, 0.1) is 11.1 Å². The van der Waals surface area contributed by atoms with Crippen molar-refractivity contribution < 1.29 is 9.90 Å². The zero-order valence-electron chi connectivity index (χ0n) is 9.83. The summed E-state index contributed by atoms with van der Waals surface area (Å²) >= 11 is 9.18. The number of hydrogen-bond acceptors (Lipinski definition) is 2. The van der Waals surface area contributed by atoms with Crippen LogP contribution in [0.25, 0.3) is 0 Å². The van der Waals surface area contributed by atoms with E-state index in [1.165, 1.54) is 0 Å². The Hall–Kier alpha value is -0.580. The summed E-state index contributed by atoms with van der Waals surface area (Å²) in [6, 6.07) is 5.16. The number of carbonyl (C=O) groups excluding carboxylic acids is 1. The molecule has 3 nitrogen and oxygen atoms in total. The summed E-state index contributed by atoms with van der Waals surface area (Å²) in [5.74, 6) is -0.119. The van der Waals surface area contributed by atoms with E-state index >= 15 is 0 Å². The summed E-state index contributed by atoms with van der Waals surface area (Å²) in [6.07, 6.45) is 3.06. The van der Waals surface area contributed by atoms with Gasteiger partial charge in [-0.15, -0.1) is 0 Å². The molecule has 98 valence electrons. The minimum atomic E-state index is -0.291. The molecule has 1 aliphatic carbocycles. The maximum absolute atomic E-state index is 12.0. The minimum Gasteiger partial charge on any atom is -0.393 e. The van der Waals surface area contributed by atoms with Crippen LogP contribution in [0.15, 0.2) is 22.7 Å². The van der Waals surface area contributed by atoms with Crippen LogP contribution in [0, 0.1) is 0 Å². The average Bonchev–Trinajstić information content (AvgIpc) is 2.32. The van der Waals surface area contributed by atoms with E-state index < -0.39 is 0 Å². The second-order valence-corrected chi connectivity index (χ2v) is 5.88. The van der Waals surface area contributed by atoms with Crippen molar-refractivity contribution >= 4 is 33.4 Å². The number of aliphatic hydroxyl groups excluding tert-OH is 1. The molecule has 2 unspecified atom stereocenters. The molecule has 1 aromatic rings. The zero-order chi connectivity index (χ0) is 13.1. The molecule has 2 rings (SSSR count). The Bertz CT molecular complexity index is 453. The lowest BCUT2D eigenvalue weighted by Gasteiger charge is -2.26. The van der Waals surface area contributed by atoms with Crippen molar-refractivity contribution in [1.82, 2.24) is 5.32 Å². The van der Waals surface area contributed by atoms with Gasteiger partial charge in [-0.1, -0.05) is 11.6 Å². The number of nitrogens with one attached hydrogen (secondary N) is 1. The maximum atomic E-state index is 12.0. The quantitative estimate of drug-likeness (QED) is 0.874. The van der Waals surface area contributed by atoms with Gasteiger partial charge in [-0.25, -0.2) is 0 Å². The van der Waals surface area contributed by atoms with Gasteiger partial charge in [-0.05, 0) is 59.8 Å². The van der Waals surface area contributed by atoms with Gasteiger partial charge in [0, 0.05) is 16.1 Å². The molecule has 18 heavy (non-hydrogen) atoms. The zero-order valence-corrected chi connectivity index (χ0v) is 12.2. The average molecular weight is 333 g/mol. The summed E-state index contributed by atoms with van der Waals surface area (Å²) in [4.78, 5) is 12.0. The predicted octanol–water partition coefficient (Wildman–Crippen LogP) is 3.14. The molecule has 0 radical (unpaired) electrons. The maximum Gasteiger partial charge on any atom is 0.251 e. The van der Waals surface area contributed by atoms with E-state index in [-0.39, 0.29) is 18.1 Å². The lowest BCUT2D eigenvalue weighted by atomic mass is 9.93. The van der Waals surface area contributed by atoms with E-state index in [4.69, 9.17) is 11.6 Å². The molecule has 0 aliphatic heterocycles. The number of halogens is 2. The van der Waals surface area contributed by atoms with E-state index in [0.717, 1.165) is 19.3 Å². The van der Waals surface area contributed by atoms with Crippen LogP contribution in [0.5, 0.6) is 0 Å². The third-order valence-corrected chi connectivity index (χ3v) is 4.38. The van der Waals surface area contributed by atoms with Crippen molar-refractivity contribution in [2.75, 3.05) is 0 Å². The Kier molecular flexibility index (Phi) is 4.65. The Morgan fingerprint density at radius 1 is 1.44 bits per heavy atom. The van der Waals surface area contributed by atoms with Crippen molar-refractivity contribution in [2.24, 2.45) is 0 Å². The lowest BCUT2D eigenvalue weighted by Crippen LogP contribution is -2.39. The highest BCUT2D eigenvalue weighted by atomic mass is 79.9. The monoisotopic (exact) mass is 331 g/mol. The smallest absolute Gasteiger partial charge is 0.251 e. The van der Waals surface area contributed by atoms with E-state index in [0.29, 0.717) is 21.5 Å². The highest BCUT2D eigenvalue weighted by Gasteiger charge is 2.22. The van der Waals surface area contributed by atoms with Crippen LogP contribution in [-0.4, -0.2) is 23.2 Å². The molecule has 0 bridgehead atoms. The van der Waals surface area contributed by atoms with Gasteiger partial charge in [0.15, 0.2) is 0 Å². The SMILES string of the molecule is O=C(NC1CCCC(O)C1)c1ccc(Cl)c(Br)c1. The Morgan fingerprint density at radius 2 is 2.22 bits per heavy atom. The fourth-order valence-corrected chi connectivity index (χ4v) is 2.70. The number of benzene rings is 1. The first kappa shape index (κ1) is 13.8. The van der Waals surface area contributed by atoms with Crippen LogP contribution in [0.2, 0.25) is 5.02 Å². The number of amides is 1. The first-order chi connectivity index (χ1) is 8.56. The van der Waals surface area contributed by atoms with Crippen molar-refractivity contribution in [2.45, 2.75) is 37.8 Å². The third-order valence-electron chi connectivity index (χ3n) is 3.16. The summed E-state index contributed by atoms with van der Waals surface area (Å²) in [5.41, 5.74) is 0.575. The molecule has 0 spiro atoms. The van der Waals surface area contributed by atoms with Gasteiger partial charge >= 0.3 is 0 Å². The summed E-state index contributed by atoms with van der Waals surface area (Å²) < 4.78 is 0.709. The summed E-state index contributed by atoms with van der Waals surface area (Å²) in [6.45, 7) is 0. The normalized spacial score (nSPS) is 23.7. The molecule has 2 atom stereocenters. The third kappa shape index (κ3) is 3.46. The van der Waals surface area contributed by atoms with Gasteiger partial charge in [0.2, 0.25) is 0 Å². The van der Waals surface area contributed by atoms with E-state index in [1.807, 2.05) is 0 Å². The van der Waals surface area contributed by atoms with Crippen molar-refractivity contribution in [3.05, 3.63) is 33.3 Å². The molecule has 0 aromatic heterocycles. The van der Waals surface area contributed by atoms with Gasteiger partial charge in [-0.3, -0.25) is 4.79 Å².